The first kappa shape index (κ1) is 17.1. The van der Waals surface area contributed by atoms with Crippen LogP contribution in [0.15, 0.2) is 60.7 Å². The van der Waals surface area contributed by atoms with E-state index >= 15 is 0 Å². The van der Waals surface area contributed by atoms with E-state index in [0.717, 1.165) is 11.1 Å². The summed E-state index contributed by atoms with van der Waals surface area (Å²) in [6.45, 7) is -0.0772. The molecule has 0 spiro atoms. The fraction of sp³-hybridized carbons (Fsp3) is 0.278. The predicted octanol–water partition coefficient (Wildman–Crippen LogP) is 2.23. The number of aliphatic hydroxyl groups excluding tert-OH is 1. The fourth-order valence-corrected chi connectivity index (χ4v) is 2.11. The molecular formula is C18H20O5. The van der Waals surface area contributed by atoms with Gasteiger partial charge >= 0.3 is 5.97 Å². The second-order valence-electron chi connectivity index (χ2n) is 5.07. The van der Waals surface area contributed by atoms with Crippen molar-refractivity contribution in [3.05, 3.63) is 71.8 Å². The highest BCUT2D eigenvalue weighted by Crippen LogP contribution is 2.12. The molecule has 2 rings (SSSR count). The lowest BCUT2D eigenvalue weighted by molar-refractivity contribution is -0.168. The minimum Gasteiger partial charge on any atom is -0.479 e. The maximum Gasteiger partial charge on any atom is 0.335 e. The molecule has 0 aromatic heterocycles. The van der Waals surface area contributed by atoms with E-state index in [2.05, 4.69) is 0 Å². The van der Waals surface area contributed by atoms with Crippen LogP contribution in [0.5, 0.6) is 0 Å². The van der Waals surface area contributed by atoms with Crippen molar-refractivity contribution in [1.82, 2.24) is 0 Å². The molecule has 0 amide bonds. The van der Waals surface area contributed by atoms with Gasteiger partial charge in [-0.2, -0.15) is 0 Å². The average molecular weight is 316 g/mol. The van der Waals surface area contributed by atoms with Crippen LogP contribution in [-0.4, -0.2) is 35.0 Å². The fourth-order valence-electron chi connectivity index (χ4n) is 2.11. The number of aliphatic carboxylic acids is 1. The summed E-state index contributed by atoms with van der Waals surface area (Å²) in [6, 6.07) is 18.6. The first-order valence-corrected chi connectivity index (χ1v) is 7.35. The second kappa shape index (κ2) is 9.05. The van der Waals surface area contributed by atoms with Crippen LogP contribution < -0.4 is 0 Å². The number of carboxylic acids is 1. The molecule has 0 aliphatic heterocycles. The highest BCUT2D eigenvalue weighted by Gasteiger charge is 2.29. The Bertz CT molecular complexity index is 585. The molecule has 0 heterocycles. The molecule has 2 atom stereocenters. The molecule has 23 heavy (non-hydrogen) atoms. The van der Waals surface area contributed by atoms with Gasteiger partial charge in [-0.1, -0.05) is 60.7 Å². The third-order valence-electron chi connectivity index (χ3n) is 3.34. The van der Waals surface area contributed by atoms with Gasteiger partial charge in [0.1, 0.15) is 6.10 Å². The first-order valence-electron chi connectivity index (χ1n) is 7.35. The van der Waals surface area contributed by atoms with Crippen molar-refractivity contribution in [1.29, 1.82) is 0 Å². The lowest BCUT2D eigenvalue weighted by atomic mass is 10.2. The van der Waals surface area contributed by atoms with Crippen LogP contribution in [0.3, 0.4) is 0 Å². The number of carbonyl (C=O) groups is 1. The van der Waals surface area contributed by atoms with Crippen molar-refractivity contribution in [2.24, 2.45) is 0 Å². The topological polar surface area (TPSA) is 76.0 Å². The molecule has 0 fully saturated rings. The van der Waals surface area contributed by atoms with Crippen molar-refractivity contribution in [2.45, 2.75) is 25.4 Å². The smallest absolute Gasteiger partial charge is 0.335 e. The van der Waals surface area contributed by atoms with Crippen LogP contribution in [0.25, 0.3) is 0 Å². The van der Waals surface area contributed by atoms with E-state index in [0.29, 0.717) is 0 Å². The largest absolute Gasteiger partial charge is 0.479 e. The summed E-state index contributed by atoms with van der Waals surface area (Å²) in [4.78, 5) is 11.4. The molecule has 0 radical (unpaired) electrons. The molecule has 0 aliphatic rings. The minimum atomic E-state index is -1.23. The normalized spacial score (nSPS) is 13.4. The van der Waals surface area contributed by atoms with Crippen LogP contribution in [0.4, 0.5) is 0 Å². The Kier molecular flexibility index (Phi) is 6.75. The van der Waals surface area contributed by atoms with Crippen molar-refractivity contribution in [3.63, 3.8) is 0 Å². The minimum absolute atomic E-state index is 0.142. The van der Waals surface area contributed by atoms with Gasteiger partial charge in [-0.25, -0.2) is 4.79 Å². The highest BCUT2D eigenvalue weighted by atomic mass is 16.6. The molecule has 2 N–H and O–H groups in total. The number of carboxylic acid groups (broad SMARTS) is 1. The van der Waals surface area contributed by atoms with Gasteiger partial charge in [-0.15, -0.1) is 0 Å². The molecular weight excluding hydrogens is 296 g/mol. The van der Waals surface area contributed by atoms with E-state index in [1.165, 1.54) is 0 Å². The second-order valence-corrected chi connectivity index (χ2v) is 5.07. The molecule has 0 saturated carbocycles. The Hall–Kier alpha value is -2.21. The Morgan fingerprint density at radius 1 is 0.870 bits per heavy atom. The van der Waals surface area contributed by atoms with Gasteiger partial charge in [0, 0.05) is 0 Å². The molecule has 122 valence electrons. The standard InChI is InChI=1S/C18H20O5/c19-11-16(22-12-14-7-3-1-4-8-14)17(18(20)21)23-13-15-9-5-2-6-10-15/h1-10,16-17,19H,11-13H2,(H,20,21). The highest BCUT2D eigenvalue weighted by molar-refractivity contribution is 5.73. The number of benzene rings is 2. The van der Waals surface area contributed by atoms with Crippen molar-refractivity contribution < 1.29 is 24.5 Å². The molecule has 0 aliphatic carbocycles. The van der Waals surface area contributed by atoms with E-state index in [-0.39, 0.29) is 13.2 Å². The molecule has 5 heteroatoms. The molecule has 5 nitrogen and oxygen atoms in total. The van der Waals surface area contributed by atoms with Gasteiger partial charge in [0.2, 0.25) is 0 Å². The average Bonchev–Trinajstić information content (AvgIpc) is 2.59. The number of hydrogen-bond acceptors (Lipinski definition) is 4. The zero-order chi connectivity index (χ0) is 16.5. The van der Waals surface area contributed by atoms with Crippen molar-refractivity contribution in [3.8, 4) is 0 Å². The van der Waals surface area contributed by atoms with Crippen molar-refractivity contribution in [2.75, 3.05) is 6.61 Å². The summed E-state index contributed by atoms with van der Waals surface area (Å²) in [5, 5.41) is 18.8. The van der Waals surface area contributed by atoms with Gasteiger partial charge in [0.15, 0.2) is 6.10 Å². The van der Waals surface area contributed by atoms with Crippen LogP contribution in [-0.2, 0) is 27.5 Å². The number of ether oxygens (including phenoxy) is 2. The van der Waals surface area contributed by atoms with E-state index in [9.17, 15) is 15.0 Å². The number of rotatable bonds is 9. The molecule has 0 bridgehead atoms. The summed E-state index contributed by atoms with van der Waals surface area (Å²) in [5.74, 6) is -1.16. The lowest BCUT2D eigenvalue weighted by Gasteiger charge is -2.23. The maximum absolute atomic E-state index is 11.4. The van der Waals surface area contributed by atoms with Gasteiger partial charge in [0.05, 0.1) is 19.8 Å². The Balaban J connectivity index is 1.94. The summed E-state index contributed by atoms with van der Waals surface area (Å²) in [7, 11) is 0. The summed E-state index contributed by atoms with van der Waals surface area (Å²) < 4.78 is 11.0. The maximum atomic E-state index is 11.4. The molecule has 2 aromatic rings. The van der Waals surface area contributed by atoms with Crippen LogP contribution in [0.1, 0.15) is 11.1 Å². The lowest BCUT2D eigenvalue weighted by Crippen LogP contribution is -2.40. The first-order chi connectivity index (χ1) is 11.2. The van der Waals surface area contributed by atoms with E-state index in [1.807, 2.05) is 60.7 Å². The SMILES string of the molecule is O=C(O)C(OCc1ccccc1)C(CO)OCc1ccccc1. The van der Waals surface area contributed by atoms with Crippen LogP contribution in [0.2, 0.25) is 0 Å². The number of aliphatic hydroxyl groups is 1. The molecule has 2 aromatic carbocycles. The molecule has 2 unspecified atom stereocenters. The Morgan fingerprint density at radius 2 is 1.35 bits per heavy atom. The van der Waals surface area contributed by atoms with Crippen molar-refractivity contribution >= 4 is 5.97 Å². The van der Waals surface area contributed by atoms with Gasteiger partial charge in [-0.3, -0.25) is 0 Å². The third kappa shape index (κ3) is 5.49. The number of hydrogen-bond donors (Lipinski definition) is 2. The van der Waals surface area contributed by atoms with E-state index in [1.54, 1.807) is 0 Å². The monoisotopic (exact) mass is 316 g/mol. The molecule has 0 saturated heterocycles. The van der Waals surface area contributed by atoms with E-state index in [4.69, 9.17) is 9.47 Å². The van der Waals surface area contributed by atoms with Crippen LogP contribution >= 0.6 is 0 Å². The summed E-state index contributed by atoms with van der Waals surface area (Å²) in [5.41, 5.74) is 1.76. The third-order valence-corrected chi connectivity index (χ3v) is 3.34. The quantitative estimate of drug-likeness (QED) is 0.742. The predicted molar refractivity (Wildman–Crippen MR) is 84.8 cm³/mol. The van der Waals surface area contributed by atoms with Gasteiger partial charge in [-0.05, 0) is 11.1 Å². The zero-order valence-corrected chi connectivity index (χ0v) is 12.7. The van der Waals surface area contributed by atoms with Gasteiger partial charge < -0.3 is 19.7 Å². The van der Waals surface area contributed by atoms with Gasteiger partial charge in [0.25, 0.3) is 0 Å². The van der Waals surface area contributed by atoms with Crippen LogP contribution in [0, 0.1) is 0 Å². The summed E-state index contributed by atoms with van der Waals surface area (Å²) in [6.07, 6.45) is -2.17. The Labute approximate surface area is 135 Å². The summed E-state index contributed by atoms with van der Waals surface area (Å²) >= 11 is 0. The Morgan fingerprint density at radius 3 is 1.78 bits per heavy atom. The zero-order valence-electron chi connectivity index (χ0n) is 12.7. The van der Waals surface area contributed by atoms with E-state index < -0.39 is 24.8 Å².